The molecule has 2 heterocycles. The molecule has 3 nitrogen and oxygen atoms in total. The molecule has 0 radical (unpaired) electrons. The largest absolute Gasteiger partial charge is 0.443 e. The predicted octanol–water partition coefficient (Wildman–Crippen LogP) is 3.48. The van der Waals surface area contributed by atoms with Gasteiger partial charge in [0, 0.05) is 18.9 Å². The van der Waals surface area contributed by atoms with Gasteiger partial charge in [-0.15, -0.1) is 12.4 Å². The van der Waals surface area contributed by atoms with E-state index in [1.165, 1.54) is 12.8 Å². The van der Waals surface area contributed by atoms with E-state index in [1.54, 1.807) is 0 Å². The number of piperidine rings is 1. The summed E-state index contributed by atoms with van der Waals surface area (Å²) in [6, 6.07) is 8.64. The maximum atomic E-state index is 12.3. The number of aryl methyl sites for hydroxylation is 1. The lowest BCUT2D eigenvalue weighted by molar-refractivity contribution is -0.184. The summed E-state index contributed by atoms with van der Waals surface area (Å²) in [4.78, 5) is 14.6. The van der Waals surface area contributed by atoms with Crippen molar-refractivity contribution in [3.63, 3.8) is 0 Å². The van der Waals surface area contributed by atoms with Crippen LogP contribution in [0.2, 0.25) is 0 Å². The Kier molecular flexibility index (Phi) is 4.95. The lowest BCUT2D eigenvalue weighted by Gasteiger charge is -2.41. The van der Waals surface area contributed by atoms with E-state index in [4.69, 9.17) is 4.74 Å². The summed E-state index contributed by atoms with van der Waals surface area (Å²) in [5.74, 6) is -0.0892. The molecule has 2 atom stereocenters. The Labute approximate surface area is 133 Å². The van der Waals surface area contributed by atoms with E-state index in [0.29, 0.717) is 12.5 Å². The molecule has 0 amide bonds. The predicted molar refractivity (Wildman–Crippen MR) is 85.6 cm³/mol. The van der Waals surface area contributed by atoms with E-state index in [0.717, 1.165) is 30.4 Å². The smallest absolute Gasteiger partial charge is 0.312 e. The van der Waals surface area contributed by atoms with Crippen molar-refractivity contribution in [1.82, 2.24) is 4.90 Å². The van der Waals surface area contributed by atoms with Gasteiger partial charge in [0.1, 0.15) is 0 Å². The highest BCUT2D eigenvalue weighted by Gasteiger charge is 2.49. The molecule has 2 fully saturated rings. The quantitative estimate of drug-likeness (QED) is 0.801. The van der Waals surface area contributed by atoms with Crippen LogP contribution in [0.3, 0.4) is 0 Å². The molecule has 0 N–H and O–H groups in total. The van der Waals surface area contributed by atoms with Crippen molar-refractivity contribution >= 4 is 18.4 Å². The third kappa shape index (κ3) is 3.09. The second-order valence-electron chi connectivity index (χ2n) is 6.22. The van der Waals surface area contributed by atoms with Crippen LogP contribution in [-0.4, -0.2) is 29.7 Å². The summed E-state index contributed by atoms with van der Waals surface area (Å²) in [5.41, 5.74) is 1.91. The number of carbonyl (C=O) groups is 1. The molecule has 3 rings (SSSR count). The first-order valence-electron chi connectivity index (χ1n) is 7.60. The van der Waals surface area contributed by atoms with Crippen LogP contribution in [0.15, 0.2) is 24.3 Å². The van der Waals surface area contributed by atoms with E-state index in [-0.39, 0.29) is 24.1 Å². The summed E-state index contributed by atoms with van der Waals surface area (Å²) in [7, 11) is 2.11. The normalized spacial score (nSPS) is 28.0. The molecule has 0 aliphatic carbocycles. The number of benzene rings is 1. The second kappa shape index (κ2) is 6.37. The minimum Gasteiger partial charge on any atom is -0.443 e. The molecule has 0 saturated carbocycles. The summed E-state index contributed by atoms with van der Waals surface area (Å²) >= 11 is 0. The third-order valence-electron chi connectivity index (χ3n) is 5.06. The van der Waals surface area contributed by atoms with Gasteiger partial charge in [-0.25, -0.2) is 0 Å². The van der Waals surface area contributed by atoms with Gasteiger partial charge in [-0.05, 0) is 44.4 Å². The van der Waals surface area contributed by atoms with Crippen LogP contribution < -0.4 is 0 Å². The van der Waals surface area contributed by atoms with Crippen LogP contribution in [0.5, 0.6) is 0 Å². The fourth-order valence-corrected chi connectivity index (χ4v) is 3.73. The number of hydrogen-bond acceptors (Lipinski definition) is 3. The van der Waals surface area contributed by atoms with E-state index >= 15 is 0 Å². The Morgan fingerprint density at radius 3 is 2.86 bits per heavy atom. The molecule has 2 aliphatic heterocycles. The zero-order valence-corrected chi connectivity index (χ0v) is 13.6. The molecule has 0 unspecified atom stereocenters. The molecule has 0 spiro atoms. The Bertz CT molecular complexity index is 515. The number of fused-ring (bicyclic) bond motifs is 2. The molecule has 1 aromatic rings. The van der Waals surface area contributed by atoms with Crippen LogP contribution in [0.1, 0.15) is 43.2 Å². The van der Waals surface area contributed by atoms with Crippen molar-refractivity contribution in [3.8, 4) is 0 Å². The molecule has 4 heteroatoms. The van der Waals surface area contributed by atoms with Gasteiger partial charge in [0.2, 0.25) is 0 Å². The summed E-state index contributed by atoms with van der Waals surface area (Å²) < 4.78 is 5.93. The number of esters is 1. The molecule has 1 aromatic carbocycles. The molecule has 21 heavy (non-hydrogen) atoms. The van der Waals surface area contributed by atoms with E-state index in [9.17, 15) is 4.79 Å². The average Bonchev–Trinajstić information content (AvgIpc) is 2.62. The molecular formula is C17H24ClNO2. The molecule has 116 valence electrons. The summed E-state index contributed by atoms with van der Waals surface area (Å²) in [6.45, 7) is 2.04. The molecule has 2 aliphatic rings. The topological polar surface area (TPSA) is 29.5 Å². The Hall–Kier alpha value is -1.06. The van der Waals surface area contributed by atoms with Crippen molar-refractivity contribution < 1.29 is 9.53 Å². The number of carbonyl (C=O) groups excluding carboxylic acids is 1. The van der Waals surface area contributed by atoms with Crippen molar-refractivity contribution in [2.45, 2.75) is 57.2 Å². The van der Waals surface area contributed by atoms with Crippen LogP contribution >= 0.6 is 12.4 Å². The Morgan fingerprint density at radius 2 is 2.10 bits per heavy atom. The monoisotopic (exact) mass is 309 g/mol. The van der Waals surface area contributed by atoms with Gasteiger partial charge in [0.25, 0.3) is 0 Å². The van der Waals surface area contributed by atoms with Crippen LogP contribution in [0, 0.1) is 6.92 Å². The van der Waals surface area contributed by atoms with E-state index in [2.05, 4.69) is 11.9 Å². The second-order valence-corrected chi connectivity index (χ2v) is 6.22. The van der Waals surface area contributed by atoms with Crippen molar-refractivity contribution in [1.29, 1.82) is 0 Å². The number of nitrogens with zero attached hydrogens (tertiary/aromatic N) is 1. The highest BCUT2D eigenvalue weighted by atomic mass is 35.5. The Morgan fingerprint density at radius 1 is 1.33 bits per heavy atom. The summed E-state index contributed by atoms with van der Waals surface area (Å²) in [6.07, 6.45) is 5.94. The van der Waals surface area contributed by atoms with Crippen LogP contribution in [-0.2, 0) is 16.0 Å². The molecular weight excluding hydrogens is 286 g/mol. The molecule has 2 bridgehead atoms. The number of hydrogen-bond donors (Lipinski definition) is 0. The van der Waals surface area contributed by atoms with Crippen LogP contribution in [0.25, 0.3) is 0 Å². The fraction of sp³-hybridized carbons (Fsp3) is 0.588. The Balaban J connectivity index is 0.00000161. The zero-order chi connectivity index (χ0) is 14.2. The van der Waals surface area contributed by atoms with Gasteiger partial charge in [-0.2, -0.15) is 0 Å². The first kappa shape index (κ1) is 16.3. The lowest BCUT2D eigenvalue weighted by Crippen LogP contribution is -2.50. The average molecular weight is 310 g/mol. The maximum Gasteiger partial charge on any atom is 0.312 e. The van der Waals surface area contributed by atoms with Gasteiger partial charge in [-0.3, -0.25) is 9.69 Å². The lowest BCUT2D eigenvalue weighted by atomic mass is 10.00. The summed E-state index contributed by atoms with van der Waals surface area (Å²) in [5, 5.41) is 0. The van der Waals surface area contributed by atoms with Gasteiger partial charge < -0.3 is 4.74 Å². The van der Waals surface area contributed by atoms with Crippen LogP contribution in [0.4, 0.5) is 0 Å². The van der Waals surface area contributed by atoms with Crippen molar-refractivity contribution in [2.75, 3.05) is 7.05 Å². The maximum absolute atomic E-state index is 12.3. The van der Waals surface area contributed by atoms with Crippen molar-refractivity contribution in [2.24, 2.45) is 0 Å². The fourth-order valence-electron chi connectivity index (χ4n) is 3.73. The zero-order valence-electron chi connectivity index (χ0n) is 12.8. The minimum absolute atomic E-state index is 0. The number of ether oxygens (including phenoxy) is 1. The molecule has 2 saturated heterocycles. The first-order valence-corrected chi connectivity index (χ1v) is 7.60. The SMILES string of the molecule is Cc1ccccc1CC(=O)O[C@]12CCC[C@H](CC1)N2C.Cl. The highest BCUT2D eigenvalue weighted by molar-refractivity contribution is 5.85. The van der Waals surface area contributed by atoms with Crippen molar-refractivity contribution in [3.05, 3.63) is 35.4 Å². The van der Waals surface area contributed by atoms with Gasteiger partial charge >= 0.3 is 5.97 Å². The highest BCUT2D eigenvalue weighted by Crippen LogP contribution is 2.43. The van der Waals surface area contributed by atoms with E-state index < -0.39 is 0 Å². The van der Waals surface area contributed by atoms with Gasteiger partial charge in [0.15, 0.2) is 5.72 Å². The molecule has 0 aromatic heterocycles. The van der Waals surface area contributed by atoms with Gasteiger partial charge in [0.05, 0.1) is 6.42 Å². The standard InChI is InChI=1S/C17H23NO2.ClH/c1-13-6-3-4-7-14(13)12-16(19)20-17-10-5-8-15(9-11-17)18(17)2;/h3-4,6-7,15H,5,8-12H2,1-2H3;1H/t15-,17-;/m1./s1. The van der Waals surface area contributed by atoms with Gasteiger partial charge in [-0.1, -0.05) is 24.3 Å². The number of halogens is 1. The van der Waals surface area contributed by atoms with E-state index in [1.807, 2.05) is 31.2 Å². The third-order valence-corrected chi connectivity index (χ3v) is 5.06. The number of rotatable bonds is 3. The minimum atomic E-state index is -0.317. The first-order chi connectivity index (χ1) is 9.61.